The molecule has 0 aliphatic carbocycles. The van der Waals surface area contributed by atoms with Gasteiger partial charge in [0.1, 0.15) is 0 Å². The lowest BCUT2D eigenvalue weighted by Gasteiger charge is -2.21. The van der Waals surface area contributed by atoms with Crippen LogP contribution in [0.15, 0.2) is 85.5 Å². The highest BCUT2D eigenvalue weighted by Gasteiger charge is 2.26. The quantitative estimate of drug-likeness (QED) is 0.346. The standard InChI is InChI=1S/C23H16BrN3O2S/c1-2-27-18-11-10-14(13-20(18)30-19-9-4-3-8-17(19)23(27)28)21-25-22(29-26-21)15-6-5-7-16(24)12-15/h3-13H,2H2,1H3. The van der Waals surface area contributed by atoms with Crippen LogP contribution < -0.4 is 4.90 Å². The van der Waals surface area contributed by atoms with Crippen molar-refractivity contribution >= 4 is 39.3 Å². The lowest BCUT2D eigenvalue weighted by atomic mass is 10.1. The number of carbonyl (C=O) groups excluding carboxylic acids is 1. The molecule has 4 aromatic rings. The zero-order valence-electron chi connectivity index (χ0n) is 16.0. The Morgan fingerprint density at radius 2 is 1.87 bits per heavy atom. The van der Waals surface area contributed by atoms with Gasteiger partial charge in [-0.1, -0.05) is 51.0 Å². The smallest absolute Gasteiger partial charge is 0.259 e. The van der Waals surface area contributed by atoms with Crippen molar-refractivity contribution in [1.29, 1.82) is 0 Å². The molecule has 5 rings (SSSR count). The third kappa shape index (κ3) is 3.34. The van der Waals surface area contributed by atoms with Crippen molar-refractivity contribution in [3.63, 3.8) is 0 Å². The first kappa shape index (κ1) is 19.1. The summed E-state index contributed by atoms with van der Waals surface area (Å²) in [6.07, 6.45) is 0. The van der Waals surface area contributed by atoms with Crippen LogP contribution in [-0.2, 0) is 0 Å². The van der Waals surface area contributed by atoms with Crippen LogP contribution in [0.3, 0.4) is 0 Å². The summed E-state index contributed by atoms with van der Waals surface area (Å²) in [5, 5.41) is 4.17. The predicted molar refractivity (Wildman–Crippen MR) is 121 cm³/mol. The Labute approximate surface area is 186 Å². The molecule has 1 aliphatic heterocycles. The molecule has 2 heterocycles. The predicted octanol–water partition coefficient (Wildman–Crippen LogP) is 6.30. The number of carbonyl (C=O) groups is 1. The van der Waals surface area contributed by atoms with Gasteiger partial charge in [-0.3, -0.25) is 4.79 Å². The van der Waals surface area contributed by atoms with E-state index in [0.717, 1.165) is 36.6 Å². The zero-order chi connectivity index (χ0) is 20.7. The highest BCUT2D eigenvalue weighted by atomic mass is 79.9. The normalized spacial score (nSPS) is 13.0. The Hall–Kier alpha value is -2.90. The number of fused-ring (bicyclic) bond motifs is 2. The first-order valence-electron chi connectivity index (χ1n) is 9.47. The monoisotopic (exact) mass is 477 g/mol. The van der Waals surface area contributed by atoms with Crippen molar-refractivity contribution in [3.05, 3.63) is 76.8 Å². The van der Waals surface area contributed by atoms with Crippen LogP contribution in [0.1, 0.15) is 17.3 Å². The first-order chi connectivity index (χ1) is 14.6. The number of amides is 1. The summed E-state index contributed by atoms with van der Waals surface area (Å²) in [6.45, 7) is 2.58. The summed E-state index contributed by atoms with van der Waals surface area (Å²) in [7, 11) is 0. The van der Waals surface area contributed by atoms with Crippen LogP contribution in [0.4, 0.5) is 5.69 Å². The van der Waals surface area contributed by atoms with Crippen LogP contribution in [-0.4, -0.2) is 22.6 Å². The number of nitrogens with zero attached hydrogens (tertiary/aromatic N) is 3. The van der Waals surface area contributed by atoms with Crippen molar-refractivity contribution in [1.82, 2.24) is 10.1 Å². The molecule has 0 saturated heterocycles. The molecule has 1 amide bonds. The van der Waals surface area contributed by atoms with E-state index in [1.54, 1.807) is 16.7 Å². The minimum Gasteiger partial charge on any atom is -0.334 e. The second-order valence-electron chi connectivity index (χ2n) is 6.76. The molecule has 0 saturated carbocycles. The average molecular weight is 478 g/mol. The molecule has 1 aromatic heterocycles. The summed E-state index contributed by atoms with van der Waals surface area (Å²) in [5.41, 5.74) is 3.31. The molecule has 30 heavy (non-hydrogen) atoms. The summed E-state index contributed by atoms with van der Waals surface area (Å²) < 4.78 is 6.44. The molecule has 0 radical (unpaired) electrons. The van der Waals surface area contributed by atoms with E-state index in [2.05, 4.69) is 26.1 Å². The van der Waals surface area contributed by atoms with Crippen molar-refractivity contribution in [2.45, 2.75) is 16.7 Å². The number of hydrogen-bond acceptors (Lipinski definition) is 5. The lowest BCUT2D eigenvalue weighted by Crippen LogP contribution is -2.30. The van der Waals surface area contributed by atoms with Gasteiger partial charge >= 0.3 is 0 Å². The number of benzene rings is 3. The molecule has 148 valence electrons. The SMILES string of the molecule is CCN1C(=O)c2ccccc2Sc2cc(-c3noc(-c4cccc(Br)c4)n3)ccc21. The van der Waals surface area contributed by atoms with Crippen LogP contribution in [0.25, 0.3) is 22.8 Å². The third-order valence-corrected chi connectivity index (χ3v) is 6.52. The maximum absolute atomic E-state index is 13.0. The van der Waals surface area contributed by atoms with Crippen LogP contribution in [0.5, 0.6) is 0 Å². The summed E-state index contributed by atoms with van der Waals surface area (Å²) in [6, 6.07) is 21.4. The van der Waals surface area contributed by atoms with Crippen molar-refractivity contribution in [2.24, 2.45) is 0 Å². The summed E-state index contributed by atoms with van der Waals surface area (Å²) in [5.74, 6) is 0.994. The van der Waals surface area contributed by atoms with E-state index in [9.17, 15) is 4.79 Å². The zero-order valence-corrected chi connectivity index (χ0v) is 18.4. The van der Waals surface area contributed by atoms with Crippen molar-refractivity contribution in [2.75, 3.05) is 11.4 Å². The van der Waals surface area contributed by atoms with Gasteiger partial charge in [-0.05, 0) is 55.5 Å². The van der Waals surface area contributed by atoms with E-state index < -0.39 is 0 Å². The van der Waals surface area contributed by atoms with E-state index in [0.29, 0.717) is 18.3 Å². The van der Waals surface area contributed by atoms with Gasteiger partial charge in [0.05, 0.1) is 11.3 Å². The van der Waals surface area contributed by atoms with Gasteiger partial charge < -0.3 is 9.42 Å². The molecular weight excluding hydrogens is 462 g/mol. The fourth-order valence-electron chi connectivity index (χ4n) is 3.46. The topological polar surface area (TPSA) is 59.2 Å². The second-order valence-corrected chi connectivity index (χ2v) is 8.76. The van der Waals surface area contributed by atoms with Gasteiger partial charge in [0.15, 0.2) is 0 Å². The largest absolute Gasteiger partial charge is 0.334 e. The molecule has 0 N–H and O–H groups in total. The molecule has 0 spiro atoms. The summed E-state index contributed by atoms with van der Waals surface area (Å²) >= 11 is 5.05. The lowest BCUT2D eigenvalue weighted by molar-refractivity contribution is 0.0985. The summed E-state index contributed by atoms with van der Waals surface area (Å²) in [4.78, 5) is 21.4. The molecule has 0 atom stereocenters. The molecule has 0 fully saturated rings. The fourth-order valence-corrected chi connectivity index (χ4v) is 4.97. The number of hydrogen-bond donors (Lipinski definition) is 0. The molecule has 0 unspecified atom stereocenters. The van der Waals surface area contributed by atoms with Gasteiger partial charge in [-0.25, -0.2) is 0 Å². The number of halogens is 1. The third-order valence-electron chi connectivity index (χ3n) is 4.91. The minimum absolute atomic E-state index is 0.0172. The van der Waals surface area contributed by atoms with E-state index in [1.165, 1.54) is 0 Å². The highest BCUT2D eigenvalue weighted by molar-refractivity contribution is 9.10. The van der Waals surface area contributed by atoms with Crippen molar-refractivity contribution < 1.29 is 9.32 Å². The highest BCUT2D eigenvalue weighted by Crippen LogP contribution is 2.42. The van der Waals surface area contributed by atoms with Gasteiger partial charge in [0.25, 0.3) is 11.8 Å². The van der Waals surface area contributed by atoms with E-state index in [-0.39, 0.29) is 5.91 Å². The number of rotatable bonds is 3. The van der Waals surface area contributed by atoms with Gasteiger partial charge in [-0.2, -0.15) is 4.98 Å². The first-order valence-corrected chi connectivity index (χ1v) is 11.1. The molecule has 1 aliphatic rings. The van der Waals surface area contributed by atoms with E-state index >= 15 is 0 Å². The number of aromatic nitrogens is 2. The molecule has 3 aromatic carbocycles. The maximum atomic E-state index is 13.0. The molecule has 5 nitrogen and oxygen atoms in total. The molecular formula is C23H16BrN3O2S. The Bertz CT molecular complexity index is 1270. The fraction of sp³-hybridized carbons (Fsp3) is 0.0870. The van der Waals surface area contributed by atoms with Gasteiger partial charge in [0.2, 0.25) is 5.82 Å². The maximum Gasteiger partial charge on any atom is 0.259 e. The Morgan fingerprint density at radius 1 is 1.00 bits per heavy atom. The Kier molecular flexibility index (Phi) is 4.92. The average Bonchev–Trinajstić information content (AvgIpc) is 3.22. The van der Waals surface area contributed by atoms with Crippen molar-refractivity contribution in [3.8, 4) is 22.8 Å². The number of anilines is 1. The minimum atomic E-state index is 0.0172. The second kappa shape index (κ2) is 7.74. The van der Waals surface area contributed by atoms with Crippen LogP contribution >= 0.6 is 27.7 Å². The van der Waals surface area contributed by atoms with Gasteiger partial charge in [0, 0.05) is 31.9 Å². The van der Waals surface area contributed by atoms with E-state index in [4.69, 9.17) is 4.52 Å². The molecule has 0 bridgehead atoms. The Balaban J connectivity index is 1.57. The van der Waals surface area contributed by atoms with Crippen LogP contribution in [0, 0.1) is 0 Å². The Morgan fingerprint density at radius 3 is 2.70 bits per heavy atom. The van der Waals surface area contributed by atoms with Gasteiger partial charge in [-0.15, -0.1) is 0 Å². The van der Waals surface area contributed by atoms with E-state index in [1.807, 2.05) is 73.7 Å². The van der Waals surface area contributed by atoms with Crippen LogP contribution in [0.2, 0.25) is 0 Å². The molecule has 7 heteroatoms.